The molecule has 0 bridgehead atoms. The maximum atomic E-state index is 12.9. The van der Waals surface area contributed by atoms with Crippen molar-refractivity contribution in [2.75, 3.05) is 0 Å². The van der Waals surface area contributed by atoms with Crippen LogP contribution in [0, 0.1) is 6.92 Å². The predicted molar refractivity (Wildman–Crippen MR) is 71.7 cm³/mol. The van der Waals surface area contributed by atoms with Crippen LogP contribution in [0.15, 0.2) is 38.5 Å². The van der Waals surface area contributed by atoms with Crippen molar-refractivity contribution in [3.63, 3.8) is 0 Å². The van der Waals surface area contributed by atoms with Crippen LogP contribution in [-0.4, -0.2) is 27.7 Å². The summed E-state index contributed by atoms with van der Waals surface area (Å²) in [6, 6.07) is 8.10. The Morgan fingerprint density at radius 3 is 2.59 bits per heavy atom. The van der Waals surface area contributed by atoms with Gasteiger partial charge in [0.05, 0.1) is 0 Å². The van der Waals surface area contributed by atoms with Crippen molar-refractivity contribution in [2.24, 2.45) is 4.99 Å². The van der Waals surface area contributed by atoms with Gasteiger partial charge in [0.25, 0.3) is 0 Å². The van der Waals surface area contributed by atoms with Crippen molar-refractivity contribution in [3.8, 4) is 0 Å². The minimum absolute atomic E-state index is 0.951. The summed E-state index contributed by atoms with van der Waals surface area (Å²) in [4.78, 5) is 4.44. The van der Waals surface area contributed by atoms with Gasteiger partial charge in [-0.15, -0.1) is 0 Å². The number of hydrogen-bond donors (Lipinski definition) is 0. The van der Waals surface area contributed by atoms with Gasteiger partial charge in [-0.25, -0.2) is 0 Å². The molecule has 0 atom stereocenters. The molecule has 0 unspecified atom stereocenters. The molecule has 1 nitrogen and oxygen atoms in total. The van der Waals surface area contributed by atoms with Gasteiger partial charge in [0, 0.05) is 0 Å². The fourth-order valence-electron chi connectivity index (χ4n) is 1.91. The fraction of sp³-hybridized carbons (Fsp3) is 0.357. The van der Waals surface area contributed by atoms with Crippen LogP contribution in [-0.2, 0) is 0 Å². The average Bonchev–Trinajstić information content (AvgIpc) is 2.38. The zero-order chi connectivity index (χ0) is 12.1. The number of nitrogens with zero attached hydrogens (tertiary/aromatic N) is 1. The molecule has 0 saturated heterocycles. The molecule has 0 aliphatic heterocycles. The first-order chi connectivity index (χ1) is 8.29. The molecular weight excluding hydrogens is 329 g/mol. The summed E-state index contributed by atoms with van der Waals surface area (Å²) in [7, 11) is 0. The van der Waals surface area contributed by atoms with E-state index in [1.54, 1.807) is 0 Å². The van der Waals surface area contributed by atoms with Crippen molar-refractivity contribution < 1.29 is 2.89 Å². The van der Waals surface area contributed by atoms with E-state index < -0.39 is 21.5 Å². The predicted octanol–water partition coefficient (Wildman–Crippen LogP) is 4.11. The Kier molecular flexibility index (Phi) is 4.76. The first-order valence-corrected chi connectivity index (χ1v) is 7.95. The van der Waals surface area contributed by atoms with Crippen LogP contribution in [0.3, 0.4) is 0 Å². The molecule has 1 aromatic rings. The molecule has 0 saturated carbocycles. The van der Waals surface area contributed by atoms with E-state index in [0.29, 0.717) is 0 Å². The van der Waals surface area contributed by atoms with Crippen LogP contribution in [0.1, 0.15) is 31.2 Å². The van der Waals surface area contributed by atoms with E-state index in [2.05, 4.69) is 11.9 Å². The average molecular weight is 345 g/mol. The van der Waals surface area contributed by atoms with Crippen molar-refractivity contribution >= 4 is 33.4 Å². The maximum absolute atomic E-state index is 12.9. The molecule has 2 rings (SSSR count). The number of benzene rings is 1. The zero-order valence-corrected chi connectivity index (χ0v) is 12.3. The van der Waals surface area contributed by atoms with Gasteiger partial charge in [-0.2, -0.15) is 0 Å². The summed E-state index contributed by atoms with van der Waals surface area (Å²) in [5.41, 5.74) is 3.34. The summed E-state index contributed by atoms with van der Waals surface area (Å²) in [5, 5.41) is 0. The molecule has 0 aromatic heterocycles. The van der Waals surface area contributed by atoms with Crippen molar-refractivity contribution in [3.05, 3.63) is 39.0 Å². The third-order valence-corrected chi connectivity index (χ3v) is 4.82. The number of aliphatic imine (C=N–C) groups is 1. The monoisotopic (exact) mass is 347 g/mol. The van der Waals surface area contributed by atoms with E-state index in [1.165, 1.54) is 12.0 Å². The van der Waals surface area contributed by atoms with Crippen LogP contribution >= 0.6 is 0 Å². The Balaban J connectivity index is 2.14. The Morgan fingerprint density at radius 2 is 1.88 bits per heavy atom. The zero-order valence-electron chi connectivity index (χ0n) is 9.95. The normalized spacial score (nSPS) is 16.8. The molecule has 1 aliphatic rings. The molecule has 0 radical (unpaired) electrons. The second-order valence-corrected chi connectivity index (χ2v) is 6.17. The van der Waals surface area contributed by atoms with E-state index in [-0.39, 0.29) is 0 Å². The SMILES string of the molecule is Cc1ccc(N=CC2=C([Te]F)CCCC2)cc1. The molecular formula is C14H16FNTe. The van der Waals surface area contributed by atoms with Gasteiger partial charge in [-0.1, -0.05) is 0 Å². The van der Waals surface area contributed by atoms with Crippen molar-refractivity contribution in [2.45, 2.75) is 32.6 Å². The first-order valence-electron chi connectivity index (χ1n) is 5.91. The summed E-state index contributed by atoms with van der Waals surface area (Å²) in [5.74, 6) is 0. The van der Waals surface area contributed by atoms with Gasteiger partial charge in [-0.3, -0.25) is 0 Å². The third kappa shape index (κ3) is 3.66. The van der Waals surface area contributed by atoms with Crippen molar-refractivity contribution in [1.29, 1.82) is 0 Å². The molecule has 0 N–H and O–H groups in total. The van der Waals surface area contributed by atoms with Gasteiger partial charge < -0.3 is 0 Å². The second-order valence-electron chi connectivity index (χ2n) is 4.33. The third-order valence-electron chi connectivity index (χ3n) is 2.95. The number of hydrogen-bond acceptors (Lipinski definition) is 1. The van der Waals surface area contributed by atoms with Gasteiger partial charge in [0.1, 0.15) is 0 Å². The molecule has 3 heteroatoms. The Labute approximate surface area is 113 Å². The number of allylic oxidation sites excluding steroid dienone is 2. The topological polar surface area (TPSA) is 12.4 Å². The summed E-state index contributed by atoms with van der Waals surface area (Å²) < 4.78 is 14.0. The minimum atomic E-state index is -1.42. The van der Waals surface area contributed by atoms with Crippen molar-refractivity contribution in [1.82, 2.24) is 0 Å². The Hall–Kier alpha value is -0.650. The van der Waals surface area contributed by atoms with Crippen LogP contribution in [0.25, 0.3) is 0 Å². The van der Waals surface area contributed by atoms with Gasteiger partial charge in [0.2, 0.25) is 0 Å². The summed E-state index contributed by atoms with van der Waals surface area (Å²) >= 11 is -1.42. The quantitative estimate of drug-likeness (QED) is 0.578. The Morgan fingerprint density at radius 1 is 1.18 bits per heavy atom. The standard InChI is InChI=1S/C14H16FNTe/c1-11-6-8-13(9-7-11)16-10-12-4-2-3-5-14(12)17-15/h6-10H,2-5H2,1H3. The fourth-order valence-corrected chi connectivity index (χ4v) is 3.27. The molecule has 0 fully saturated rings. The van der Waals surface area contributed by atoms with Gasteiger partial charge in [0.15, 0.2) is 0 Å². The number of rotatable bonds is 3. The number of aryl methyl sites for hydroxylation is 1. The molecule has 90 valence electrons. The van der Waals surface area contributed by atoms with E-state index >= 15 is 0 Å². The molecule has 0 spiro atoms. The van der Waals surface area contributed by atoms with Crippen LogP contribution in [0.4, 0.5) is 8.58 Å². The van der Waals surface area contributed by atoms with E-state index in [0.717, 1.165) is 34.1 Å². The van der Waals surface area contributed by atoms with E-state index in [4.69, 9.17) is 0 Å². The van der Waals surface area contributed by atoms with Crippen LogP contribution < -0.4 is 0 Å². The first kappa shape index (κ1) is 12.8. The Bertz CT molecular complexity index is 434. The van der Waals surface area contributed by atoms with Gasteiger partial charge >= 0.3 is 113 Å². The molecule has 17 heavy (non-hydrogen) atoms. The second kappa shape index (κ2) is 6.33. The molecule has 0 heterocycles. The summed E-state index contributed by atoms with van der Waals surface area (Å²) in [6.07, 6.45) is 6.15. The molecule has 0 amide bonds. The van der Waals surface area contributed by atoms with E-state index in [9.17, 15) is 2.89 Å². The van der Waals surface area contributed by atoms with E-state index in [1.807, 2.05) is 30.5 Å². The van der Waals surface area contributed by atoms with Gasteiger partial charge in [-0.05, 0) is 0 Å². The molecule has 1 aliphatic carbocycles. The number of halogens is 1. The van der Waals surface area contributed by atoms with Crippen LogP contribution in [0.5, 0.6) is 0 Å². The van der Waals surface area contributed by atoms with Crippen LogP contribution in [0.2, 0.25) is 0 Å². The summed E-state index contributed by atoms with van der Waals surface area (Å²) in [6.45, 7) is 2.06. The molecule has 1 aromatic carbocycles.